The Labute approximate surface area is 177 Å². The molecule has 152 valence electrons. The van der Waals surface area contributed by atoms with Crippen molar-refractivity contribution in [2.45, 2.75) is 20.3 Å². The van der Waals surface area contributed by atoms with E-state index in [2.05, 4.69) is 22.1 Å². The highest BCUT2D eigenvalue weighted by molar-refractivity contribution is 6.30. The maximum Gasteiger partial charge on any atom is 0.322 e. The minimum absolute atomic E-state index is 0. The van der Waals surface area contributed by atoms with Crippen molar-refractivity contribution in [3.8, 4) is 5.88 Å². The summed E-state index contributed by atoms with van der Waals surface area (Å²) in [7, 11) is 1.56. The average Bonchev–Trinajstić information content (AvgIpc) is 2.69. The largest absolute Gasteiger partial charge is 0.480 e. The zero-order chi connectivity index (χ0) is 19.4. The Morgan fingerprint density at radius 2 is 1.96 bits per heavy atom. The molecule has 2 amide bonds. The molecule has 8 heteroatoms. The fraction of sp³-hybridized carbons (Fsp3) is 0.400. The van der Waals surface area contributed by atoms with Gasteiger partial charge in [0.1, 0.15) is 5.69 Å². The first-order valence-corrected chi connectivity index (χ1v) is 9.50. The van der Waals surface area contributed by atoms with E-state index in [4.69, 9.17) is 16.3 Å². The molecule has 1 aliphatic heterocycles. The number of pyridine rings is 1. The smallest absolute Gasteiger partial charge is 0.322 e. The van der Waals surface area contributed by atoms with Gasteiger partial charge in [0.15, 0.2) is 0 Å². The van der Waals surface area contributed by atoms with Crippen LogP contribution in [-0.2, 0) is 6.42 Å². The predicted octanol–water partition coefficient (Wildman–Crippen LogP) is 4.39. The normalized spacial score (nSPS) is 13.7. The summed E-state index contributed by atoms with van der Waals surface area (Å²) in [6.07, 6.45) is 0.851. The number of methoxy groups -OCH3 is 1. The number of ether oxygens (including phenoxy) is 1. The summed E-state index contributed by atoms with van der Waals surface area (Å²) in [5.41, 5.74) is 3.71. The third-order valence-electron chi connectivity index (χ3n) is 4.84. The highest BCUT2D eigenvalue weighted by Gasteiger charge is 2.23. The molecule has 0 unspecified atom stereocenters. The van der Waals surface area contributed by atoms with E-state index in [-0.39, 0.29) is 18.4 Å². The SMILES string of the molecule is CCc1cc(NC(=O)N2CCN(c3cccc(Cl)c3)CC2)c(OC)nc1C.Cl. The number of anilines is 2. The number of halogens is 2. The second-order valence-corrected chi connectivity index (χ2v) is 6.96. The van der Waals surface area contributed by atoms with Crippen molar-refractivity contribution >= 4 is 41.4 Å². The molecule has 1 saturated heterocycles. The Morgan fingerprint density at radius 3 is 2.57 bits per heavy atom. The molecule has 1 aliphatic rings. The van der Waals surface area contributed by atoms with E-state index in [1.165, 1.54) is 0 Å². The zero-order valence-electron chi connectivity index (χ0n) is 16.4. The lowest BCUT2D eigenvalue weighted by Crippen LogP contribution is -2.50. The van der Waals surface area contributed by atoms with Crippen molar-refractivity contribution in [3.05, 3.63) is 46.6 Å². The molecule has 3 rings (SSSR count). The number of aromatic nitrogens is 1. The number of rotatable bonds is 4. The van der Waals surface area contributed by atoms with Crippen molar-refractivity contribution in [1.29, 1.82) is 0 Å². The number of carbonyl (C=O) groups excluding carboxylic acids is 1. The van der Waals surface area contributed by atoms with Gasteiger partial charge >= 0.3 is 6.03 Å². The van der Waals surface area contributed by atoms with Crippen LogP contribution >= 0.6 is 24.0 Å². The van der Waals surface area contributed by atoms with Crippen LogP contribution in [0.2, 0.25) is 5.02 Å². The number of hydrogen-bond acceptors (Lipinski definition) is 4. The van der Waals surface area contributed by atoms with Crippen LogP contribution in [0, 0.1) is 6.92 Å². The number of urea groups is 1. The van der Waals surface area contributed by atoms with Crippen LogP contribution < -0.4 is 15.0 Å². The van der Waals surface area contributed by atoms with E-state index < -0.39 is 0 Å². The second kappa shape index (κ2) is 9.85. The van der Waals surface area contributed by atoms with Gasteiger partial charge in [-0.25, -0.2) is 9.78 Å². The van der Waals surface area contributed by atoms with Gasteiger partial charge in [-0.1, -0.05) is 24.6 Å². The Kier molecular flexibility index (Phi) is 7.78. The maximum atomic E-state index is 12.7. The number of benzene rings is 1. The van der Waals surface area contributed by atoms with Gasteiger partial charge in [0.25, 0.3) is 0 Å². The van der Waals surface area contributed by atoms with Crippen molar-refractivity contribution in [2.75, 3.05) is 43.5 Å². The standard InChI is InChI=1S/C20H25ClN4O2.ClH/c1-4-15-12-18(19(27-3)22-14(15)2)23-20(26)25-10-8-24(9-11-25)17-7-5-6-16(21)13-17;/h5-7,12-13H,4,8-11H2,1-3H3,(H,23,26);1H. The van der Waals surface area contributed by atoms with Crippen molar-refractivity contribution in [1.82, 2.24) is 9.88 Å². The molecule has 2 aromatic rings. The molecule has 2 heterocycles. The van der Waals surface area contributed by atoms with Crippen LogP contribution in [0.15, 0.2) is 30.3 Å². The summed E-state index contributed by atoms with van der Waals surface area (Å²) in [5.74, 6) is 0.440. The molecule has 6 nitrogen and oxygen atoms in total. The first kappa shape index (κ1) is 22.1. The van der Waals surface area contributed by atoms with Gasteiger partial charge in [-0.3, -0.25) is 0 Å². The molecule has 1 N–H and O–H groups in total. The quantitative estimate of drug-likeness (QED) is 0.790. The van der Waals surface area contributed by atoms with E-state index >= 15 is 0 Å². The average molecular weight is 425 g/mol. The second-order valence-electron chi connectivity index (χ2n) is 6.53. The number of nitrogens with zero attached hydrogens (tertiary/aromatic N) is 3. The number of amides is 2. The molecule has 0 spiro atoms. The van der Waals surface area contributed by atoms with Crippen LogP contribution in [0.5, 0.6) is 5.88 Å². The topological polar surface area (TPSA) is 57.7 Å². The lowest BCUT2D eigenvalue weighted by atomic mass is 10.1. The minimum Gasteiger partial charge on any atom is -0.480 e. The monoisotopic (exact) mass is 424 g/mol. The van der Waals surface area contributed by atoms with E-state index in [0.717, 1.165) is 41.5 Å². The highest BCUT2D eigenvalue weighted by atomic mass is 35.5. The lowest BCUT2D eigenvalue weighted by molar-refractivity contribution is 0.208. The fourth-order valence-corrected chi connectivity index (χ4v) is 3.45. The Balaban J connectivity index is 0.00000280. The number of aryl methyl sites for hydroxylation is 2. The Bertz CT molecular complexity index is 824. The van der Waals surface area contributed by atoms with E-state index in [1.807, 2.05) is 42.2 Å². The molecule has 0 radical (unpaired) electrons. The third kappa shape index (κ3) is 5.00. The van der Waals surface area contributed by atoms with Crippen LogP contribution in [-0.4, -0.2) is 49.2 Å². The molecule has 1 aromatic carbocycles. The third-order valence-corrected chi connectivity index (χ3v) is 5.07. The van der Waals surface area contributed by atoms with Crippen molar-refractivity contribution in [3.63, 3.8) is 0 Å². The van der Waals surface area contributed by atoms with E-state index in [9.17, 15) is 4.79 Å². The van der Waals surface area contributed by atoms with Gasteiger partial charge < -0.3 is 19.9 Å². The zero-order valence-corrected chi connectivity index (χ0v) is 17.9. The highest BCUT2D eigenvalue weighted by Crippen LogP contribution is 2.26. The van der Waals surface area contributed by atoms with Crippen molar-refractivity contribution < 1.29 is 9.53 Å². The Hall–Kier alpha value is -2.18. The predicted molar refractivity (Wildman–Crippen MR) is 116 cm³/mol. The van der Waals surface area contributed by atoms with E-state index in [1.54, 1.807) is 7.11 Å². The van der Waals surface area contributed by atoms with Gasteiger partial charge in [0.2, 0.25) is 5.88 Å². The minimum atomic E-state index is -0.133. The van der Waals surface area contributed by atoms with Crippen LogP contribution in [0.25, 0.3) is 0 Å². The molecule has 0 saturated carbocycles. The van der Waals surface area contributed by atoms with Gasteiger partial charge in [0.05, 0.1) is 7.11 Å². The summed E-state index contributed by atoms with van der Waals surface area (Å²) >= 11 is 6.08. The molecule has 1 aromatic heterocycles. The molecule has 28 heavy (non-hydrogen) atoms. The van der Waals surface area contributed by atoms with E-state index in [0.29, 0.717) is 24.7 Å². The number of nitrogens with one attached hydrogen (secondary N) is 1. The first-order chi connectivity index (χ1) is 13.0. The summed E-state index contributed by atoms with van der Waals surface area (Å²) in [6, 6.07) is 9.61. The summed E-state index contributed by atoms with van der Waals surface area (Å²) in [5, 5.41) is 3.68. The molecule has 0 atom stereocenters. The first-order valence-electron chi connectivity index (χ1n) is 9.12. The molecular weight excluding hydrogens is 399 g/mol. The molecule has 0 aliphatic carbocycles. The summed E-state index contributed by atoms with van der Waals surface area (Å²) < 4.78 is 5.33. The van der Waals surface area contributed by atoms with Crippen LogP contribution in [0.3, 0.4) is 0 Å². The molecular formula is C20H26Cl2N4O2. The molecule has 0 bridgehead atoms. The van der Waals surface area contributed by atoms with Gasteiger partial charge in [-0.2, -0.15) is 0 Å². The van der Waals surface area contributed by atoms with Crippen LogP contribution in [0.1, 0.15) is 18.2 Å². The van der Waals surface area contributed by atoms with Gasteiger partial charge in [0, 0.05) is 42.6 Å². The van der Waals surface area contributed by atoms with Crippen LogP contribution in [0.4, 0.5) is 16.2 Å². The van der Waals surface area contributed by atoms with Gasteiger partial charge in [-0.05, 0) is 43.2 Å². The van der Waals surface area contributed by atoms with Gasteiger partial charge in [-0.15, -0.1) is 12.4 Å². The summed E-state index contributed by atoms with van der Waals surface area (Å²) in [6.45, 7) is 6.81. The number of hydrogen-bond donors (Lipinski definition) is 1. The fourth-order valence-electron chi connectivity index (χ4n) is 3.26. The molecule has 1 fully saturated rings. The number of carbonyl (C=O) groups is 1. The van der Waals surface area contributed by atoms with Crippen molar-refractivity contribution in [2.24, 2.45) is 0 Å². The lowest BCUT2D eigenvalue weighted by Gasteiger charge is -2.36. The summed E-state index contributed by atoms with van der Waals surface area (Å²) in [4.78, 5) is 21.2. The Morgan fingerprint density at radius 1 is 1.25 bits per heavy atom. The maximum absolute atomic E-state index is 12.7. The number of piperazine rings is 1.